The van der Waals surface area contributed by atoms with Gasteiger partial charge in [0.1, 0.15) is 24.8 Å². The van der Waals surface area contributed by atoms with Crippen LogP contribution in [0.1, 0.15) is 19.3 Å². The van der Waals surface area contributed by atoms with Gasteiger partial charge >= 0.3 is 0 Å². The van der Waals surface area contributed by atoms with E-state index < -0.39 is 6.10 Å². The van der Waals surface area contributed by atoms with Gasteiger partial charge in [-0.1, -0.05) is 6.42 Å². The SMILES string of the molecule is COc1cc2c(Oc3ccc4[nH]ccc4c3)ncnc2cc1OC[C@H](O)CN1CCCCC1. The van der Waals surface area contributed by atoms with Crippen molar-refractivity contribution in [3.63, 3.8) is 0 Å². The molecule has 8 nitrogen and oxygen atoms in total. The third-order valence-electron chi connectivity index (χ3n) is 5.97. The number of aromatic nitrogens is 3. The molecule has 0 aliphatic carbocycles. The molecule has 1 aliphatic heterocycles. The van der Waals surface area contributed by atoms with Crippen molar-refractivity contribution in [3.05, 3.63) is 48.9 Å². The number of aliphatic hydroxyl groups is 1. The summed E-state index contributed by atoms with van der Waals surface area (Å²) in [6.07, 6.45) is 6.44. The van der Waals surface area contributed by atoms with E-state index in [4.69, 9.17) is 14.2 Å². The minimum absolute atomic E-state index is 0.184. The summed E-state index contributed by atoms with van der Waals surface area (Å²) >= 11 is 0. The summed E-state index contributed by atoms with van der Waals surface area (Å²) in [5, 5.41) is 12.2. The number of H-pyrrole nitrogens is 1. The van der Waals surface area contributed by atoms with E-state index in [1.165, 1.54) is 25.6 Å². The summed E-state index contributed by atoms with van der Waals surface area (Å²) < 4.78 is 17.6. The predicted molar refractivity (Wildman–Crippen MR) is 126 cm³/mol. The molecular formula is C25H28N4O4. The highest BCUT2D eigenvalue weighted by atomic mass is 16.5. The van der Waals surface area contributed by atoms with Crippen molar-refractivity contribution >= 4 is 21.8 Å². The zero-order chi connectivity index (χ0) is 22.6. The van der Waals surface area contributed by atoms with Crippen LogP contribution in [-0.2, 0) is 0 Å². The summed E-state index contributed by atoms with van der Waals surface area (Å²) in [5.41, 5.74) is 1.71. The van der Waals surface area contributed by atoms with Gasteiger partial charge in [0.2, 0.25) is 5.88 Å². The molecule has 0 radical (unpaired) electrons. The molecule has 0 unspecified atom stereocenters. The molecule has 1 fully saturated rings. The molecule has 0 bridgehead atoms. The zero-order valence-corrected chi connectivity index (χ0v) is 18.7. The van der Waals surface area contributed by atoms with Gasteiger partial charge in [-0.3, -0.25) is 0 Å². The number of aromatic amines is 1. The lowest BCUT2D eigenvalue weighted by molar-refractivity contribution is 0.0609. The molecule has 2 N–H and O–H groups in total. The molecule has 5 rings (SSSR count). The summed E-state index contributed by atoms with van der Waals surface area (Å²) in [6.45, 7) is 2.87. The van der Waals surface area contributed by atoms with Gasteiger partial charge in [-0.2, -0.15) is 0 Å². The van der Waals surface area contributed by atoms with Crippen molar-refractivity contribution in [2.75, 3.05) is 33.4 Å². The topological polar surface area (TPSA) is 92.7 Å². The molecule has 2 aromatic heterocycles. The molecule has 8 heteroatoms. The normalized spacial score (nSPS) is 15.6. The third-order valence-corrected chi connectivity index (χ3v) is 5.97. The second-order valence-corrected chi connectivity index (χ2v) is 8.35. The van der Waals surface area contributed by atoms with Crippen molar-refractivity contribution in [2.24, 2.45) is 0 Å². The lowest BCUT2D eigenvalue weighted by Crippen LogP contribution is -2.38. The van der Waals surface area contributed by atoms with Crippen molar-refractivity contribution in [3.8, 4) is 23.1 Å². The van der Waals surface area contributed by atoms with E-state index in [9.17, 15) is 5.11 Å². The predicted octanol–water partition coefficient (Wildman–Crippen LogP) is 4.14. The molecule has 2 aromatic carbocycles. The van der Waals surface area contributed by atoms with Gasteiger partial charge in [0.15, 0.2) is 11.5 Å². The quantitative estimate of drug-likeness (QED) is 0.418. The van der Waals surface area contributed by atoms with E-state index in [-0.39, 0.29) is 6.61 Å². The number of likely N-dealkylation sites (tertiary alicyclic amines) is 1. The maximum absolute atomic E-state index is 10.5. The first-order valence-corrected chi connectivity index (χ1v) is 11.3. The minimum Gasteiger partial charge on any atom is -0.493 e. The lowest BCUT2D eigenvalue weighted by atomic mass is 10.1. The Hall–Kier alpha value is -3.36. The fraction of sp³-hybridized carbons (Fsp3) is 0.360. The highest BCUT2D eigenvalue weighted by Gasteiger charge is 2.17. The fourth-order valence-electron chi connectivity index (χ4n) is 4.28. The van der Waals surface area contributed by atoms with E-state index in [1.807, 2.05) is 36.5 Å². The largest absolute Gasteiger partial charge is 0.493 e. The molecule has 172 valence electrons. The standard InChI is InChI=1S/C25H28N4O4/c1-31-23-12-20-22(13-24(23)32-15-18(30)14-29-9-3-2-4-10-29)27-16-28-25(20)33-19-5-6-21-17(11-19)7-8-26-21/h5-8,11-13,16,18,26,30H,2-4,9-10,14-15H2,1H3/t18-/m1/s1. The van der Waals surface area contributed by atoms with Crippen LogP contribution >= 0.6 is 0 Å². The van der Waals surface area contributed by atoms with Crippen molar-refractivity contribution in [1.29, 1.82) is 0 Å². The van der Waals surface area contributed by atoms with Crippen molar-refractivity contribution < 1.29 is 19.3 Å². The van der Waals surface area contributed by atoms with Gasteiger partial charge in [-0.05, 0) is 56.3 Å². The average molecular weight is 449 g/mol. The van der Waals surface area contributed by atoms with Crippen molar-refractivity contribution in [2.45, 2.75) is 25.4 Å². The molecule has 33 heavy (non-hydrogen) atoms. The van der Waals surface area contributed by atoms with E-state index in [2.05, 4.69) is 19.9 Å². The zero-order valence-electron chi connectivity index (χ0n) is 18.7. The third kappa shape index (κ3) is 4.86. The molecule has 4 aromatic rings. The first-order chi connectivity index (χ1) is 16.2. The Morgan fingerprint density at radius 3 is 2.79 bits per heavy atom. The number of nitrogens with one attached hydrogen (secondary N) is 1. The highest BCUT2D eigenvalue weighted by Crippen LogP contribution is 2.36. The monoisotopic (exact) mass is 448 g/mol. The number of hydrogen-bond donors (Lipinski definition) is 2. The highest BCUT2D eigenvalue weighted by molar-refractivity contribution is 5.87. The van der Waals surface area contributed by atoms with Crippen LogP contribution < -0.4 is 14.2 Å². The summed E-state index contributed by atoms with van der Waals surface area (Å²) in [5.74, 6) is 2.18. The number of hydrogen-bond acceptors (Lipinski definition) is 7. The Kier molecular flexibility index (Phi) is 6.28. The number of rotatable bonds is 8. The molecule has 0 amide bonds. The van der Waals surface area contributed by atoms with Crippen LogP contribution in [0.15, 0.2) is 48.9 Å². The van der Waals surface area contributed by atoms with E-state index >= 15 is 0 Å². The molecule has 1 saturated heterocycles. The van der Waals surface area contributed by atoms with E-state index in [0.29, 0.717) is 40.6 Å². The Morgan fingerprint density at radius 2 is 1.94 bits per heavy atom. The summed E-state index contributed by atoms with van der Waals surface area (Å²) in [4.78, 5) is 14.2. The number of fused-ring (bicyclic) bond motifs is 2. The van der Waals surface area contributed by atoms with Crippen LogP contribution in [0.4, 0.5) is 0 Å². The van der Waals surface area contributed by atoms with Crippen LogP contribution in [0.2, 0.25) is 0 Å². The Morgan fingerprint density at radius 1 is 1.06 bits per heavy atom. The second kappa shape index (κ2) is 9.64. The number of nitrogens with zero attached hydrogens (tertiary/aromatic N) is 3. The van der Waals surface area contributed by atoms with Crippen LogP contribution in [0.5, 0.6) is 23.1 Å². The van der Waals surface area contributed by atoms with Crippen LogP contribution in [-0.4, -0.2) is 64.4 Å². The number of ether oxygens (including phenoxy) is 3. The smallest absolute Gasteiger partial charge is 0.230 e. The number of β-amino-alcohol motifs (C(OH)–C–C–N with tert-alkyl or cyclic N) is 1. The average Bonchev–Trinajstić information content (AvgIpc) is 3.31. The first-order valence-electron chi connectivity index (χ1n) is 11.3. The van der Waals surface area contributed by atoms with Crippen LogP contribution in [0.3, 0.4) is 0 Å². The summed E-state index contributed by atoms with van der Waals surface area (Å²) in [7, 11) is 1.59. The minimum atomic E-state index is -0.573. The Labute approximate surface area is 192 Å². The Bertz CT molecular complexity index is 1240. The first kappa shape index (κ1) is 21.5. The van der Waals surface area contributed by atoms with E-state index in [1.54, 1.807) is 13.2 Å². The maximum atomic E-state index is 10.5. The van der Waals surface area contributed by atoms with Crippen LogP contribution in [0.25, 0.3) is 21.8 Å². The van der Waals surface area contributed by atoms with Gasteiger partial charge in [-0.25, -0.2) is 9.97 Å². The lowest BCUT2D eigenvalue weighted by Gasteiger charge is -2.28. The van der Waals surface area contributed by atoms with Gasteiger partial charge in [0, 0.05) is 29.7 Å². The molecular weight excluding hydrogens is 420 g/mol. The maximum Gasteiger partial charge on any atom is 0.230 e. The number of methoxy groups -OCH3 is 1. The van der Waals surface area contributed by atoms with Crippen LogP contribution in [0, 0.1) is 0 Å². The second-order valence-electron chi connectivity index (χ2n) is 8.35. The van der Waals surface area contributed by atoms with E-state index in [0.717, 1.165) is 24.0 Å². The molecule has 0 spiro atoms. The van der Waals surface area contributed by atoms with Gasteiger partial charge in [-0.15, -0.1) is 0 Å². The number of benzene rings is 2. The molecule has 1 atom stereocenters. The number of piperidine rings is 1. The number of aliphatic hydroxyl groups excluding tert-OH is 1. The fourth-order valence-corrected chi connectivity index (χ4v) is 4.28. The molecule has 3 heterocycles. The Balaban J connectivity index is 1.34. The van der Waals surface area contributed by atoms with Gasteiger partial charge in [0.05, 0.1) is 18.0 Å². The summed E-state index contributed by atoms with van der Waals surface area (Å²) in [6, 6.07) is 11.4. The van der Waals surface area contributed by atoms with Gasteiger partial charge in [0.25, 0.3) is 0 Å². The van der Waals surface area contributed by atoms with Crippen molar-refractivity contribution in [1.82, 2.24) is 19.9 Å². The molecule has 0 saturated carbocycles. The molecule has 1 aliphatic rings. The van der Waals surface area contributed by atoms with Gasteiger partial charge < -0.3 is 29.2 Å².